The fraction of sp³-hybridized carbons (Fsp3) is 0.696. The van der Waals surface area contributed by atoms with Gasteiger partial charge in [-0.15, -0.1) is 0 Å². The Morgan fingerprint density at radius 3 is 2.07 bits per heavy atom. The molecule has 0 aromatic heterocycles. The van der Waals surface area contributed by atoms with Crippen molar-refractivity contribution in [1.29, 1.82) is 0 Å². The Hall–Kier alpha value is -1.39. The second-order valence-corrected chi connectivity index (χ2v) is 9.32. The van der Waals surface area contributed by atoms with Crippen molar-refractivity contribution in [2.45, 2.75) is 78.6 Å². The fourth-order valence-corrected chi connectivity index (χ4v) is 3.59. The molecule has 0 aliphatic carbocycles. The van der Waals surface area contributed by atoms with Crippen molar-refractivity contribution in [3.8, 4) is 5.75 Å². The topological polar surface area (TPSA) is 44.8 Å². The zero-order valence-electron chi connectivity index (χ0n) is 18.2. The van der Waals surface area contributed by atoms with Crippen molar-refractivity contribution in [2.24, 2.45) is 0 Å². The maximum atomic E-state index is 12.3. The van der Waals surface area contributed by atoms with Crippen molar-refractivity contribution in [3.05, 3.63) is 28.3 Å². The van der Waals surface area contributed by atoms with E-state index in [0.29, 0.717) is 32.8 Å². The first-order valence-corrected chi connectivity index (χ1v) is 10.1. The lowest BCUT2D eigenvalue weighted by Crippen LogP contribution is -2.26. The highest BCUT2D eigenvalue weighted by molar-refractivity contribution is 5.74. The third-order valence-electron chi connectivity index (χ3n) is 4.93. The summed E-state index contributed by atoms with van der Waals surface area (Å²) in [6.45, 7) is 17.5. The Bertz CT molecular complexity index is 662. The molecular formula is C23H36O4. The van der Waals surface area contributed by atoms with Crippen LogP contribution in [-0.4, -0.2) is 32.4 Å². The van der Waals surface area contributed by atoms with E-state index in [1.165, 1.54) is 11.1 Å². The molecule has 4 heteroatoms. The molecule has 2 rings (SSSR count). The number of rotatable bonds is 2. The number of fused-ring (bicyclic) bond motifs is 1. The zero-order chi connectivity index (χ0) is 20.2. The van der Waals surface area contributed by atoms with Crippen LogP contribution in [0.2, 0.25) is 0 Å². The SMILES string of the molecule is CCC(=O)Oc1c(C(C)(C)C)cc2c(c1C(C)(C)C)CCOCCOCC2. The number of carbonyl (C=O) groups excluding carboxylic acids is 1. The van der Waals surface area contributed by atoms with Crippen molar-refractivity contribution >= 4 is 5.97 Å². The molecule has 0 fully saturated rings. The average Bonchev–Trinajstić information content (AvgIpc) is 2.56. The van der Waals surface area contributed by atoms with E-state index < -0.39 is 0 Å². The maximum absolute atomic E-state index is 12.3. The molecule has 0 N–H and O–H groups in total. The molecule has 1 aromatic rings. The van der Waals surface area contributed by atoms with E-state index in [1.54, 1.807) is 0 Å². The number of benzene rings is 1. The molecule has 4 nitrogen and oxygen atoms in total. The molecule has 0 bridgehead atoms. The van der Waals surface area contributed by atoms with Crippen LogP contribution in [0, 0.1) is 0 Å². The van der Waals surface area contributed by atoms with Gasteiger partial charge in [-0.25, -0.2) is 0 Å². The van der Waals surface area contributed by atoms with Gasteiger partial charge in [-0.1, -0.05) is 54.5 Å². The number of ether oxygens (including phenoxy) is 3. The lowest BCUT2D eigenvalue weighted by Gasteiger charge is -2.33. The number of hydrogen-bond donors (Lipinski definition) is 0. The van der Waals surface area contributed by atoms with Crippen molar-refractivity contribution < 1.29 is 19.0 Å². The van der Waals surface area contributed by atoms with Gasteiger partial charge in [-0.2, -0.15) is 0 Å². The molecule has 1 heterocycles. The minimum absolute atomic E-state index is 0.134. The standard InChI is InChI=1S/C23H36O4/c1-8-19(24)27-21-18(22(2,3)4)15-16-9-11-25-13-14-26-12-10-17(16)20(21)23(5,6)7/h15H,8-14H2,1-7H3. The number of hydrogen-bond acceptors (Lipinski definition) is 4. The summed E-state index contributed by atoms with van der Waals surface area (Å²) in [5, 5.41) is 0. The Morgan fingerprint density at radius 1 is 0.963 bits per heavy atom. The highest BCUT2D eigenvalue weighted by Crippen LogP contribution is 2.44. The third-order valence-corrected chi connectivity index (χ3v) is 4.93. The van der Waals surface area contributed by atoms with E-state index in [1.807, 2.05) is 6.92 Å². The Labute approximate surface area is 164 Å². The first-order valence-electron chi connectivity index (χ1n) is 10.1. The number of carbonyl (C=O) groups is 1. The quantitative estimate of drug-likeness (QED) is 0.553. The third kappa shape index (κ3) is 5.55. The van der Waals surface area contributed by atoms with E-state index in [0.717, 1.165) is 29.7 Å². The van der Waals surface area contributed by atoms with Crippen molar-refractivity contribution in [2.75, 3.05) is 26.4 Å². The molecule has 1 aliphatic heterocycles. The molecule has 27 heavy (non-hydrogen) atoms. The summed E-state index contributed by atoms with van der Waals surface area (Å²) in [6, 6.07) is 2.23. The monoisotopic (exact) mass is 376 g/mol. The van der Waals surface area contributed by atoms with Crippen LogP contribution in [0.4, 0.5) is 0 Å². The van der Waals surface area contributed by atoms with Gasteiger partial charge in [0.2, 0.25) is 0 Å². The molecule has 0 amide bonds. The summed E-state index contributed by atoms with van der Waals surface area (Å²) in [6.07, 6.45) is 2.05. The lowest BCUT2D eigenvalue weighted by atomic mass is 9.74. The van der Waals surface area contributed by atoms with Crippen LogP contribution in [0.3, 0.4) is 0 Å². The Morgan fingerprint density at radius 2 is 1.56 bits per heavy atom. The van der Waals surface area contributed by atoms with Crippen LogP contribution in [0.5, 0.6) is 5.75 Å². The highest BCUT2D eigenvalue weighted by Gasteiger charge is 2.32. The smallest absolute Gasteiger partial charge is 0.310 e. The molecule has 0 atom stereocenters. The Balaban J connectivity index is 2.76. The summed E-state index contributed by atoms with van der Waals surface area (Å²) in [5.74, 6) is 0.559. The van der Waals surface area contributed by atoms with E-state index in [9.17, 15) is 4.79 Å². The summed E-state index contributed by atoms with van der Waals surface area (Å²) >= 11 is 0. The second-order valence-electron chi connectivity index (χ2n) is 9.32. The maximum Gasteiger partial charge on any atom is 0.310 e. The van der Waals surface area contributed by atoms with E-state index >= 15 is 0 Å². The van der Waals surface area contributed by atoms with Gasteiger partial charge in [0, 0.05) is 17.5 Å². The summed E-state index contributed by atoms with van der Waals surface area (Å²) in [5.41, 5.74) is 4.47. The molecule has 152 valence electrons. The van der Waals surface area contributed by atoms with Crippen LogP contribution >= 0.6 is 0 Å². The Kier molecular flexibility index (Phi) is 7.09. The minimum atomic E-state index is -0.189. The first-order chi connectivity index (χ1) is 12.6. The molecule has 0 unspecified atom stereocenters. The van der Waals surface area contributed by atoms with Gasteiger partial charge in [-0.3, -0.25) is 4.79 Å². The molecule has 0 saturated heterocycles. The van der Waals surface area contributed by atoms with Gasteiger partial charge in [0.1, 0.15) is 5.75 Å². The summed E-state index contributed by atoms with van der Waals surface area (Å²) in [4.78, 5) is 12.3. The predicted octanol–water partition coefficient (Wildman–Crippen LogP) is 4.73. The van der Waals surface area contributed by atoms with Crippen LogP contribution in [0.25, 0.3) is 0 Å². The van der Waals surface area contributed by atoms with E-state index in [2.05, 4.69) is 47.6 Å². The van der Waals surface area contributed by atoms with Crippen molar-refractivity contribution in [1.82, 2.24) is 0 Å². The number of esters is 1. The van der Waals surface area contributed by atoms with Gasteiger partial charge >= 0.3 is 5.97 Å². The minimum Gasteiger partial charge on any atom is -0.426 e. The van der Waals surface area contributed by atoms with Crippen molar-refractivity contribution in [3.63, 3.8) is 0 Å². The van der Waals surface area contributed by atoms with Gasteiger partial charge < -0.3 is 14.2 Å². The normalized spacial score (nSPS) is 16.6. The molecule has 0 spiro atoms. The van der Waals surface area contributed by atoms with Crippen LogP contribution in [0.1, 0.15) is 77.1 Å². The highest BCUT2D eigenvalue weighted by atomic mass is 16.5. The molecule has 1 aliphatic rings. The van der Waals surface area contributed by atoms with Crippen LogP contribution in [-0.2, 0) is 37.9 Å². The largest absolute Gasteiger partial charge is 0.426 e. The molecule has 1 aromatic carbocycles. The van der Waals surface area contributed by atoms with Crippen LogP contribution in [0.15, 0.2) is 6.07 Å². The molecule has 0 radical (unpaired) electrons. The fourth-order valence-electron chi connectivity index (χ4n) is 3.59. The second kappa shape index (κ2) is 8.74. The van der Waals surface area contributed by atoms with E-state index in [4.69, 9.17) is 14.2 Å². The average molecular weight is 377 g/mol. The molecule has 0 saturated carbocycles. The first kappa shape index (κ1) is 21.9. The zero-order valence-corrected chi connectivity index (χ0v) is 18.2. The van der Waals surface area contributed by atoms with E-state index in [-0.39, 0.29) is 16.8 Å². The predicted molar refractivity (Wildman–Crippen MR) is 109 cm³/mol. The van der Waals surface area contributed by atoms with Gasteiger partial charge in [0.15, 0.2) is 0 Å². The summed E-state index contributed by atoms with van der Waals surface area (Å²) < 4.78 is 17.4. The summed E-state index contributed by atoms with van der Waals surface area (Å²) in [7, 11) is 0. The lowest BCUT2D eigenvalue weighted by molar-refractivity contribution is -0.134. The van der Waals surface area contributed by atoms with Crippen LogP contribution < -0.4 is 4.74 Å². The van der Waals surface area contributed by atoms with Gasteiger partial charge in [0.05, 0.1) is 26.4 Å². The molecular weight excluding hydrogens is 340 g/mol. The van der Waals surface area contributed by atoms with Gasteiger partial charge in [-0.05, 0) is 34.8 Å². The van der Waals surface area contributed by atoms with Gasteiger partial charge in [0.25, 0.3) is 0 Å².